The summed E-state index contributed by atoms with van der Waals surface area (Å²) in [6.07, 6.45) is 9.20. The van der Waals surface area contributed by atoms with Crippen LogP contribution in [0, 0.1) is 5.41 Å². The van der Waals surface area contributed by atoms with Crippen LogP contribution >= 0.6 is 0 Å². The number of likely N-dealkylation sites (tertiary alicyclic amines) is 2. The van der Waals surface area contributed by atoms with E-state index in [1.165, 1.54) is 5.56 Å². The average Bonchev–Trinajstić information content (AvgIpc) is 2.92. The van der Waals surface area contributed by atoms with Crippen LogP contribution in [0.1, 0.15) is 74.6 Å². The third-order valence-corrected chi connectivity index (χ3v) is 8.60. The minimum atomic E-state index is -1.21. The second-order valence-corrected chi connectivity index (χ2v) is 11.8. The normalized spacial score (nSPS) is 19.7. The number of hydrogen-bond acceptors (Lipinski definition) is 6. The molecule has 200 valence electrons. The zero-order valence-electron chi connectivity index (χ0n) is 23.2. The van der Waals surface area contributed by atoms with E-state index in [0.29, 0.717) is 17.7 Å². The van der Waals surface area contributed by atoms with Gasteiger partial charge < -0.3 is 14.9 Å². The molecule has 7 heteroatoms. The van der Waals surface area contributed by atoms with Crippen LogP contribution < -0.4 is 0 Å². The number of aromatic nitrogens is 3. The summed E-state index contributed by atoms with van der Waals surface area (Å²) in [5, 5.41) is 12.5. The Labute approximate surface area is 226 Å². The van der Waals surface area contributed by atoms with E-state index in [4.69, 9.17) is 9.97 Å². The molecule has 0 bridgehead atoms. The molecule has 7 nitrogen and oxygen atoms in total. The van der Waals surface area contributed by atoms with Crippen molar-refractivity contribution in [2.45, 2.75) is 58.0 Å². The number of carbonyl (C=O) groups is 1. The van der Waals surface area contributed by atoms with Gasteiger partial charge in [-0.25, -0.2) is 9.97 Å². The molecule has 1 atom stereocenters. The molecule has 4 heterocycles. The molecular weight excluding hydrogens is 474 g/mol. The van der Waals surface area contributed by atoms with Gasteiger partial charge >= 0.3 is 0 Å². The van der Waals surface area contributed by atoms with Crippen molar-refractivity contribution in [1.82, 2.24) is 24.8 Å². The van der Waals surface area contributed by atoms with E-state index in [1.807, 2.05) is 23.4 Å². The van der Waals surface area contributed by atoms with Crippen molar-refractivity contribution >= 4 is 5.91 Å². The maximum Gasteiger partial charge on any atom is 0.219 e. The highest BCUT2D eigenvalue weighted by Crippen LogP contribution is 2.50. The highest BCUT2D eigenvalue weighted by atomic mass is 16.3. The molecule has 2 fully saturated rings. The highest BCUT2D eigenvalue weighted by molar-refractivity contribution is 5.73. The van der Waals surface area contributed by atoms with Gasteiger partial charge in [-0.3, -0.25) is 9.78 Å². The Morgan fingerprint density at radius 1 is 1.03 bits per heavy atom. The van der Waals surface area contributed by atoms with Gasteiger partial charge in [0.2, 0.25) is 5.91 Å². The van der Waals surface area contributed by atoms with Crippen molar-refractivity contribution in [2.75, 3.05) is 33.2 Å². The summed E-state index contributed by atoms with van der Waals surface area (Å²) in [6.45, 7) is 11.3. The second-order valence-electron chi connectivity index (χ2n) is 11.8. The smallest absolute Gasteiger partial charge is 0.219 e. The van der Waals surface area contributed by atoms with E-state index in [2.05, 4.69) is 62.0 Å². The van der Waals surface area contributed by atoms with E-state index >= 15 is 0 Å². The standard InChI is InChI=1S/C31H39N5O2/c1-21(2)23-6-8-27(9-7-23)31(38,30(4)19-35(5)20-30)28-14-25(15-32-18-28)29-33-16-26(17-34-29)24-10-12-36(13-11-24)22(3)37/h6-9,14-18,21,24,38H,10-13,19-20H2,1-5H3. The Hall–Kier alpha value is -3.16. The maximum absolute atomic E-state index is 12.5. The van der Waals surface area contributed by atoms with Crippen LogP contribution in [0.5, 0.6) is 0 Å². The Morgan fingerprint density at radius 3 is 2.21 bits per heavy atom. The summed E-state index contributed by atoms with van der Waals surface area (Å²) in [6, 6.07) is 10.4. The van der Waals surface area contributed by atoms with E-state index in [0.717, 1.165) is 61.3 Å². The largest absolute Gasteiger partial charge is 0.380 e. The summed E-state index contributed by atoms with van der Waals surface area (Å²) < 4.78 is 0. The number of hydrogen-bond donors (Lipinski definition) is 1. The third kappa shape index (κ3) is 4.74. The van der Waals surface area contributed by atoms with Gasteiger partial charge in [0.15, 0.2) is 5.82 Å². The molecule has 1 unspecified atom stereocenters. The van der Waals surface area contributed by atoms with Crippen LogP contribution in [-0.2, 0) is 10.4 Å². The van der Waals surface area contributed by atoms with E-state index < -0.39 is 5.60 Å². The summed E-state index contributed by atoms with van der Waals surface area (Å²) in [5.41, 5.74) is 3.21. The predicted octanol–water partition coefficient (Wildman–Crippen LogP) is 4.58. The monoisotopic (exact) mass is 513 g/mol. The summed E-state index contributed by atoms with van der Waals surface area (Å²) in [4.78, 5) is 29.7. The van der Waals surface area contributed by atoms with Crippen LogP contribution in [-0.4, -0.2) is 69.0 Å². The molecule has 2 aliphatic rings. The van der Waals surface area contributed by atoms with Crippen molar-refractivity contribution in [1.29, 1.82) is 0 Å². The lowest BCUT2D eigenvalue weighted by Crippen LogP contribution is -2.63. The van der Waals surface area contributed by atoms with Gasteiger partial charge in [-0.2, -0.15) is 0 Å². The Morgan fingerprint density at radius 2 is 1.66 bits per heavy atom. The zero-order chi connectivity index (χ0) is 27.1. The average molecular weight is 514 g/mol. The first-order valence-corrected chi connectivity index (χ1v) is 13.7. The first kappa shape index (κ1) is 26.4. The number of rotatable bonds is 6. The number of aliphatic hydroxyl groups is 1. The van der Waals surface area contributed by atoms with Gasteiger partial charge in [0.1, 0.15) is 5.60 Å². The van der Waals surface area contributed by atoms with Gasteiger partial charge in [0.05, 0.1) is 0 Å². The number of benzene rings is 1. The van der Waals surface area contributed by atoms with Crippen LogP contribution in [0.25, 0.3) is 11.4 Å². The fraction of sp³-hybridized carbons (Fsp3) is 0.484. The number of amides is 1. The number of carbonyl (C=O) groups excluding carboxylic acids is 1. The molecule has 0 saturated carbocycles. The summed E-state index contributed by atoms with van der Waals surface area (Å²) in [5.74, 6) is 1.52. The van der Waals surface area contributed by atoms with E-state index in [9.17, 15) is 9.90 Å². The second kappa shape index (κ2) is 10.2. The molecule has 2 aromatic heterocycles. The topological polar surface area (TPSA) is 82.5 Å². The van der Waals surface area contributed by atoms with Gasteiger partial charge in [-0.1, -0.05) is 45.0 Å². The van der Waals surface area contributed by atoms with Gasteiger partial charge in [0, 0.05) is 74.4 Å². The van der Waals surface area contributed by atoms with E-state index in [-0.39, 0.29) is 11.3 Å². The predicted molar refractivity (Wildman–Crippen MR) is 149 cm³/mol. The molecule has 3 aromatic rings. The highest BCUT2D eigenvalue weighted by Gasteiger charge is 2.55. The lowest BCUT2D eigenvalue weighted by Gasteiger charge is -2.55. The minimum absolute atomic E-state index is 0.139. The van der Waals surface area contributed by atoms with E-state index in [1.54, 1.807) is 19.3 Å². The molecule has 38 heavy (non-hydrogen) atoms. The Balaban J connectivity index is 1.44. The third-order valence-electron chi connectivity index (χ3n) is 8.60. The molecule has 5 rings (SSSR count). The lowest BCUT2D eigenvalue weighted by atomic mass is 9.62. The van der Waals surface area contributed by atoms with Crippen molar-refractivity contribution in [2.24, 2.45) is 5.41 Å². The summed E-state index contributed by atoms with van der Waals surface area (Å²) >= 11 is 0. The lowest BCUT2D eigenvalue weighted by molar-refractivity contribution is -0.129. The SMILES string of the molecule is CC(=O)N1CCC(c2cnc(-c3cncc(C(O)(c4ccc(C(C)C)cc4)C4(C)CN(C)C4)c3)nc2)CC1. The molecular formula is C31H39N5O2. The number of pyridine rings is 1. The van der Waals surface area contributed by atoms with Crippen LogP contribution in [0.2, 0.25) is 0 Å². The quantitative estimate of drug-likeness (QED) is 0.520. The zero-order valence-corrected chi connectivity index (χ0v) is 23.2. The van der Waals surface area contributed by atoms with Gasteiger partial charge in [-0.15, -0.1) is 0 Å². The summed E-state index contributed by atoms with van der Waals surface area (Å²) in [7, 11) is 2.08. The molecule has 1 N–H and O–H groups in total. The molecule has 1 amide bonds. The fourth-order valence-corrected chi connectivity index (χ4v) is 6.33. The first-order chi connectivity index (χ1) is 18.1. The van der Waals surface area contributed by atoms with Crippen LogP contribution in [0.15, 0.2) is 55.1 Å². The maximum atomic E-state index is 12.5. The molecule has 2 aliphatic heterocycles. The first-order valence-electron chi connectivity index (χ1n) is 13.7. The van der Waals surface area contributed by atoms with Crippen LogP contribution in [0.3, 0.4) is 0 Å². The van der Waals surface area contributed by atoms with Gasteiger partial charge in [0.25, 0.3) is 0 Å². The Kier molecular flexibility index (Phi) is 7.09. The number of nitrogens with zero attached hydrogens (tertiary/aromatic N) is 5. The molecule has 0 radical (unpaired) electrons. The van der Waals surface area contributed by atoms with Crippen molar-refractivity contribution in [3.8, 4) is 11.4 Å². The molecule has 1 aromatic carbocycles. The van der Waals surface area contributed by atoms with Gasteiger partial charge in [-0.05, 0) is 54.5 Å². The van der Waals surface area contributed by atoms with Crippen molar-refractivity contribution in [3.05, 3.63) is 77.4 Å². The van der Waals surface area contributed by atoms with Crippen molar-refractivity contribution in [3.63, 3.8) is 0 Å². The van der Waals surface area contributed by atoms with Crippen LogP contribution in [0.4, 0.5) is 0 Å². The Bertz CT molecular complexity index is 1280. The molecule has 0 aliphatic carbocycles. The fourth-order valence-electron chi connectivity index (χ4n) is 6.33. The number of piperidine rings is 1. The molecule has 0 spiro atoms. The minimum Gasteiger partial charge on any atom is -0.380 e. The van der Waals surface area contributed by atoms with Crippen molar-refractivity contribution < 1.29 is 9.90 Å². The molecule has 2 saturated heterocycles.